The van der Waals surface area contributed by atoms with Crippen LogP contribution in [0.25, 0.3) is 0 Å². The molecule has 0 radical (unpaired) electrons. The lowest BCUT2D eigenvalue weighted by atomic mass is 10.1. The Labute approximate surface area is 166 Å². The zero-order valence-electron chi connectivity index (χ0n) is 17.7. The molecule has 0 spiro atoms. The smallest absolute Gasteiger partial charge is 0.408 e. The van der Waals surface area contributed by atoms with Crippen LogP contribution >= 0.6 is 0 Å². The average molecular weight is 400 g/mol. The predicted octanol–water partition coefficient (Wildman–Crippen LogP) is 1.85. The summed E-state index contributed by atoms with van der Waals surface area (Å²) in [5, 5.41) is 4.78. The van der Waals surface area contributed by atoms with Crippen LogP contribution in [0.15, 0.2) is 12.7 Å². The molecule has 0 rings (SSSR count). The number of methoxy groups -OCH3 is 1. The second-order valence-electron chi connectivity index (χ2n) is 8.10. The van der Waals surface area contributed by atoms with Crippen molar-refractivity contribution in [2.75, 3.05) is 7.11 Å². The van der Waals surface area contributed by atoms with Crippen molar-refractivity contribution < 1.29 is 33.4 Å². The van der Waals surface area contributed by atoms with E-state index in [4.69, 9.17) is 9.47 Å². The van der Waals surface area contributed by atoms with Crippen molar-refractivity contribution in [1.29, 1.82) is 0 Å². The number of alkyl carbamates (subject to hydrolysis) is 1. The Balaban J connectivity index is 5.35. The Morgan fingerprint density at radius 3 is 1.89 bits per heavy atom. The van der Waals surface area contributed by atoms with Crippen LogP contribution in [-0.2, 0) is 28.6 Å². The van der Waals surface area contributed by atoms with E-state index in [0.29, 0.717) is 0 Å². The molecule has 0 aromatic heterocycles. The Kier molecular flexibility index (Phi) is 9.69. The summed E-state index contributed by atoms with van der Waals surface area (Å²) in [5.74, 6) is -2.13. The lowest BCUT2D eigenvalue weighted by Crippen LogP contribution is -2.53. The monoisotopic (exact) mass is 400 g/mol. The van der Waals surface area contributed by atoms with E-state index in [0.717, 1.165) is 0 Å². The van der Waals surface area contributed by atoms with Crippen LogP contribution in [-0.4, -0.2) is 54.3 Å². The van der Waals surface area contributed by atoms with Crippen LogP contribution in [0.1, 0.15) is 54.4 Å². The number of hydrogen-bond donors (Lipinski definition) is 2. The number of esters is 2. The van der Waals surface area contributed by atoms with Crippen LogP contribution < -0.4 is 10.6 Å². The van der Waals surface area contributed by atoms with E-state index in [1.54, 1.807) is 41.5 Å². The van der Waals surface area contributed by atoms with E-state index in [2.05, 4.69) is 21.9 Å². The van der Waals surface area contributed by atoms with E-state index in [9.17, 15) is 19.2 Å². The molecule has 0 unspecified atom stereocenters. The van der Waals surface area contributed by atoms with Gasteiger partial charge in [-0.2, -0.15) is 0 Å². The SMILES string of the molecule is C=CC[C@H](NC(=O)[C@H](CC(=O)OC(C)(C)C)NC(=O)OC(C)(C)C)C(=O)OC. The summed E-state index contributed by atoms with van der Waals surface area (Å²) in [6.45, 7) is 13.5. The first-order valence-electron chi connectivity index (χ1n) is 8.89. The number of carbonyl (C=O) groups is 4. The molecule has 0 aromatic carbocycles. The van der Waals surface area contributed by atoms with Gasteiger partial charge in [-0.3, -0.25) is 9.59 Å². The molecule has 9 heteroatoms. The average Bonchev–Trinajstić information content (AvgIpc) is 2.49. The minimum atomic E-state index is -1.30. The van der Waals surface area contributed by atoms with Crippen molar-refractivity contribution >= 4 is 23.9 Å². The number of hydrogen-bond acceptors (Lipinski definition) is 7. The summed E-state index contributed by atoms with van der Waals surface area (Å²) < 4.78 is 15.0. The third-order valence-corrected chi connectivity index (χ3v) is 3.00. The van der Waals surface area contributed by atoms with Crippen molar-refractivity contribution in [2.45, 2.75) is 77.7 Å². The van der Waals surface area contributed by atoms with Gasteiger partial charge in [0.1, 0.15) is 23.3 Å². The summed E-state index contributed by atoms with van der Waals surface area (Å²) in [6.07, 6.45) is 0.231. The molecule has 0 bridgehead atoms. The molecule has 0 aliphatic heterocycles. The molecule has 0 aromatic rings. The molecule has 0 saturated heterocycles. The van der Waals surface area contributed by atoms with Crippen molar-refractivity contribution in [3.8, 4) is 0 Å². The van der Waals surface area contributed by atoms with Gasteiger partial charge in [-0.1, -0.05) is 6.08 Å². The van der Waals surface area contributed by atoms with E-state index in [-0.39, 0.29) is 6.42 Å². The first kappa shape index (κ1) is 25.4. The van der Waals surface area contributed by atoms with E-state index in [1.165, 1.54) is 13.2 Å². The standard InChI is InChI=1S/C19H32N2O7/c1-9-10-12(16(24)26-8)20-15(23)13(11-14(22)27-18(2,3)4)21-17(25)28-19(5,6)7/h9,12-13H,1,10-11H2,2-8H3,(H,20,23)(H,21,25)/t12-,13-/m0/s1. The minimum absolute atomic E-state index is 0.115. The highest BCUT2D eigenvalue weighted by molar-refractivity contribution is 5.92. The Morgan fingerprint density at radius 1 is 0.929 bits per heavy atom. The van der Waals surface area contributed by atoms with Crippen molar-refractivity contribution in [3.63, 3.8) is 0 Å². The topological polar surface area (TPSA) is 120 Å². The lowest BCUT2D eigenvalue weighted by molar-refractivity contribution is -0.156. The first-order chi connectivity index (χ1) is 12.7. The largest absolute Gasteiger partial charge is 0.467 e. The molecule has 0 aliphatic rings. The van der Waals surface area contributed by atoms with Gasteiger partial charge in [0, 0.05) is 0 Å². The van der Waals surface area contributed by atoms with Crippen LogP contribution in [0, 0.1) is 0 Å². The van der Waals surface area contributed by atoms with E-state index in [1.807, 2.05) is 0 Å². The van der Waals surface area contributed by atoms with Crippen molar-refractivity contribution in [2.24, 2.45) is 0 Å². The van der Waals surface area contributed by atoms with Gasteiger partial charge in [-0.05, 0) is 48.0 Å². The van der Waals surface area contributed by atoms with Crippen LogP contribution in [0.3, 0.4) is 0 Å². The fourth-order valence-electron chi connectivity index (χ4n) is 2.00. The van der Waals surface area contributed by atoms with Gasteiger partial charge in [0.15, 0.2) is 0 Å². The summed E-state index contributed by atoms with van der Waals surface area (Å²) in [6, 6.07) is -2.31. The Bertz CT molecular complexity index is 558. The molecule has 9 nitrogen and oxygen atoms in total. The fourth-order valence-corrected chi connectivity index (χ4v) is 2.00. The second-order valence-corrected chi connectivity index (χ2v) is 8.10. The Hall–Kier alpha value is -2.58. The highest BCUT2D eigenvalue weighted by atomic mass is 16.6. The van der Waals surface area contributed by atoms with Gasteiger partial charge in [-0.25, -0.2) is 9.59 Å². The molecule has 0 heterocycles. The van der Waals surface area contributed by atoms with Gasteiger partial charge in [0.05, 0.1) is 13.5 Å². The fraction of sp³-hybridized carbons (Fsp3) is 0.684. The van der Waals surface area contributed by atoms with Gasteiger partial charge in [0.2, 0.25) is 5.91 Å². The molecular formula is C19H32N2O7. The minimum Gasteiger partial charge on any atom is -0.467 e. The maximum Gasteiger partial charge on any atom is 0.408 e. The van der Waals surface area contributed by atoms with Crippen molar-refractivity contribution in [1.82, 2.24) is 10.6 Å². The zero-order valence-corrected chi connectivity index (χ0v) is 17.7. The van der Waals surface area contributed by atoms with Gasteiger partial charge >= 0.3 is 18.0 Å². The summed E-state index contributed by atoms with van der Waals surface area (Å²) >= 11 is 0. The maximum absolute atomic E-state index is 12.6. The number of carbonyl (C=O) groups excluding carboxylic acids is 4. The highest BCUT2D eigenvalue weighted by Crippen LogP contribution is 2.11. The molecule has 2 atom stereocenters. The summed E-state index contributed by atoms with van der Waals surface area (Å²) in [5.41, 5.74) is -1.56. The predicted molar refractivity (Wildman–Crippen MR) is 102 cm³/mol. The summed E-state index contributed by atoms with van der Waals surface area (Å²) in [4.78, 5) is 48.6. The first-order valence-corrected chi connectivity index (χ1v) is 8.89. The normalized spacial score (nSPS) is 13.5. The van der Waals surface area contributed by atoms with Crippen LogP contribution in [0.2, 0.25) is 0 Å². The van der Waals surface area contributed by atoms with Gasteiger partial charge < -0.3 is 24.8 Å². The quantitative estimate of drug-likeness (QED) is 0.362. The number of nitrogens with one attached hydrogen (secondary N) is 2. The molecule has 2 amide bonds. The Morgan fingerprint density at radius 2 is 1.46 bits per heavy atom. The zero-order chi connectivity index (χ0) is 22.1. The number of amides is 2. The van der Waals surface area contributed by atoms with Crippen LogP contribution in [0.4, 0.5) is 4.79 Å². The van der Waals surface area contributed by atoms with Gasteiger partial charge in [-0.15, -0.1) is 6.58 Å². The lowest BCUT2D eigenvalue weighted by Gasteiger charge is -2.25. The molecule has 0 aliphatic carbocycles. The molecule has 0 fully saturated rings. The molecule has 2 N–H and O–H groups in total. The summed E-state index contributed by atoms with van der Waals surface area (Å²) in [7, 11) is 1.18. The highest BCUT2D eigenvalue weighted by Gasteiger charge is 2.31. The number of ether oxygens (including phenoxy) is 3. The molecule has 0 saturated carbocycles. The second kappa shape index (κ2) is 10.7. The molecular weight excluding hydrogens is 368 g/mol. The molecule has 28 heavy (non-hydrogen) atoms. The number of rotatable bonds is 8. The third-order valence-electron chi connectivity index (χ3n) is 3.00. The third kappa shape index (κ3) is 11.2. The molecule has 160 valence electrons. The van der Waals surface area contributed by atoms with E-state index >= 15 is 0 Å². The van der Waals surface area contributed by atoms with Crippen molar-refractivity contribution in [3.05, 3.63) is 12.7 Å². The van der Waals surface area contributed by atoms with Gasteiger partial charge in [0.25, 0.3) is 0 Å². The maximum atomic E-state index is 12.6. The van der Waals surface area contributed by atoms with E-state index < -0.39 is 53.6 Å². The van der Waals surface area contributed by atoms with Crippen LogP contribution in [0.5, 0.6) is 0 Å².